The highest BCUT2D eigenvalue weighted by Gasteiger charge is 2.17. The summed E-state index contributed by atoms with van der Waals surface area (Å²) in [5.74, 6) is 0. The summed E-state index contributed by atoms with van der Waals surface area (Å²) in [7, 11) is 6.09. The van der Waals surface area contributed by atoms with Crippen molar-refractivity contribution in [3.8, 4) is 0 Å². The number of nitrogens with zero attached hydrogens (tertiary/aromatic N) is 2. The molecule has 0 aliphatic rings. The van der Waals surface area contributed by atoms with E-state index in [1.165, 1.54) is 16.8 Å². The van der Waals surface area contributed by atoms with Crippen LogP contribution in [0.3, 0.4) is 0 Å². The smallest absolute Gasteiger partial charge is 0.174 e. The molecule has 1 unspecified atom stereocenters. The van der Waals surface area contributed by atoms with Crippen molar-refractivity contribution in [1.29, 1.82) is 0 Å². The van der Waals surface area contributed by atoms with E-state index in [1.54, 1.807) is 0 Å². The molecule has 0 saturated carbocycles. The Balaban J connectivity index is 2.39. The molecular weight excluding hydrogens is 268 g/mol. The minimum absolute atomic E-state index is 0.244. The van der Waals surface area contributed by atoms with E-state index < -0.39 is 0 Å². The van der Waals surface area contributed by atoms with Gasteiger partial charge in [0, 0.05) is 32.3 Å². The first-order chi connectivity index (χ1) is 10.4. The van der Waals surface area contributed by atoms with E-state index in [2.05, 4.69) is 73.7 Å². The SMILES string of the molecule is C=C(c1ccc(N(C)C)cc1)c1ccccc1C(C)[N+](=C)C. The van der Waals surface area contributed by atoms with Crippen LogP contribution in [0.5, 0.6) is 0 Å². The third-order valence-corrected chi connectivity index (χ3v) is 4.13. The molecule has 0 amide bonds. The number of rotatable bonds is 5. The van der Waals surface area contributed by atoms with E-state index in [1.807, 2.05) is 25.7 Å². The lowest BCUT2D eigenvalue weighted by molar-refractivity contribution is -0.532. The van der Waals surface area contributed by atoms with Crippen LogP contribution in [0.1, 0.15) is 29.7 Å². The molecule has 0 spiro atoms. The number of anilines is 1. The maximum absolute atomic E-state index is 4.32. The highest BCUT2D eigenvalue weighted by Crippen LogP contribution is 2.30. The van der Waals surface area contributed by atoms with Gasteiger partial charge in [0.2, 0.25) is 0 Å². The Morgan fingerprint density at radius 3 is 2.18 bits per heavy atom. The standard InChI is InChI=1S/C20H25N2/c1-15(17-11-13-18(14-12-17)22(5)6)19-9-7-8-10-20(19)16(2)21(3)4/h7-14,16H,1,3H2,2,4-6H3/q+1. The van der Waals surface area contributed by atoms with E-state index >= 15 is 0 Å². The molecule has 2 aromatic rings. The van der Waals surface area contributed by atoms with Crippen LogP contribution in [0.2, 0.25) is 0 Å². The van der Waals surface area contributed by atoms with Crippen molar-refractivity contribution in [3.05, 3.63) is 71.8 Å². The Bertz CT molecular complexity index is 681. The summed E-state index contributed by atoms with van der Waals surface area (Å²) in [5.41, 5.74) is 5.83. The van der Waals surface area contributed by atoms with Crippen molar-refractivity contribution < 1.29 is 4.58 Å². The van der Waals surface area contributed by atoms with E-state index in [9.17, 15) is 0 Å². The molecule has 0 radical (unpaired) electrons. The van der Waals surface area contributed by atoms with Gasteiger partial charge in [0.15, 0.2) is 6.04 Å². The molecule has 2 nitrogen and oxygen atoms in total. The third-order valence-electron chi connectivity index (χ3n) is 4.13. The lowest BCUT2D eigenvalue weighted by atomic mass is 9.92. The van der Waals surface area contributed by atoms with Crippen LogP contribution in [-0.4, -0.2) is 32.4 Å². The maximum atomic E-state index is 4.32. The molecule has 0 heterocycles. The van der Waals surface area contributed by atoms with Gasteiger partial charge in [-0.05, 0) is 28.8 Å². The zero-order chi connectivity index (χ0) is 16.3. The van der Waals surface area contributed by atoms with Gasteiger partial charge in [-0.25, -0.2) is 4.58 Å². The molecule has 0 aliphatic carbocycles. The fourth-order valence-corrected chi connectivity index (χ4v) is 2.49. The first-order valence-corrected chi connectivity index (χ1v) is 7.51. The molecule has 2 rings (SSSR count). The normalized spacial score (nSPS) is 11.8. The highest BCUT2D eigenvalue weighted by atomic mass is 15.1. The molecule has 1 atom stereocenters. The lowest BCUT2D eigenvalue weighted by Crippen LogP contribution is -2.11. The second-order valence-corrected chi connectivity index (χ2v) is 5.94. The molecule has 22 heavy (non-hydrogen) atoms. The zero-order valence-electron chi connectivity index (χ0n) is 14.0. The van der Waals surface area contributed by atoms with Gasteiger partial charge in [0.25, 0.3) is 0 Å². The van der Waals surface area contributed by atoms with Gasteiger partial charge in [-0.2, -0.15) is 0 Å². The van der Waals surface area contributed by atoms with Crippen LogP contribution in [0, 0.1) is 0 Å². The molecule has 2 heteroatoms. The fraction of sp³-hybridized carbons (Fsp3) is 0.250. The number of benzene rings is 2. The van der Waals surface area contributed by atoms with Crippen LogP contribution >= 0.6 is 0 Å². The summed E-state index contributed by atoms with van der Waals surface area (Å²) in [6.45, 7) is 10.5. The van der Waals surface area contributed by atoms with Crippen molar-refractivity contribution in [2.75, 3.05) is 26.0 Å². The first-order valence-electron chi connectivity index (χ1n) is 7.51. The molecule has 0 aliphatic heterocycles. The van der Waals surface area contributed by atoms with Gasteiger partial charge in [0.05, 0.1) is 0 Å². The number of hydrogen-bond donors (Lipinski definition) is 0. The molecule has 2 aromatic carbocycles. The minimum Gasteiger partial charge on any atom is -0.378 e. The van der Waals surface area contributed by atoms with Crippen LogP contribution in [0.4, 0.5) is 5.69 Å². The Hall–Kier alpha value is -2.35. The van der Waals surface area contributed by atoms with Crippen molar-refractivity contribution in [1.82, 2.24) is 0 Å². The van der Waals surface area contributed by atoms with Gasteiger partial charge in [0.1, 0.15) is 13.8 Å². The zero-order valence-corrected chi connectivity index (χ0v) is 14.0. The summed E-state index contributed by atoms with van der Waals surface area (Å²) < 4.78 is 1.97. The second kappa shape index (κ2) is 6.61. The summed E-state index contributed by atoms with van der Waals surface area (Å²) in [6, 6.07) is 17.2. The Kier molecular flexibility index (Phi) is 4.81. The van der Waals surface area contributed by atoms with E-state index in [4.69, 9.17) is 0 Å². The predicted octanol–water partition coefficient (Wildman–Crippen LogP) is 4.22. The molecule has 114 valence electrons. The number of hydrogen-bond acceptors (Lipinski definition) is 1. The largest absolute Gasteiger partial charge is 0.378 e. The Morgan fingerprint density at radius 2 is 1.64 bits per heavy atom. The molecule has 0 N–H and O–H groups in total. The minimum atomic E-state index is 0.244. The van der Waals surface area contributed by atoms with Crippen molar-refractivity contribution in [2.45, 2.75) is 13.0 Å². The fourth-order valence-electron chi connectivity index (χ4n) is 2.49. The first kappa shape index (κ1) is 16.0. The van der Waals surface area contributed by atoms with Gasteiger partial charge in [-0.3, -0.25) is 0 Å². The summed E-state index contributed by atoms with van der Waals surface area (Å²) in [4.78, 5) is 2.10. The molecule has 0 bridgehead atoms. The third kappa shape index (κ3) is 3.28. The van der Waals surface area contributed by atoms with Crippen molar-refractivity contribution in [3.63, 3.8) is 0 Å². The van der Waals surface area contributed by atoms with Crippen LogP contribution in [0.15, 0.2) is 55.1 Å². The quantitative estimate of drug-likeness (QED) is 0.591. The van der Waals surface area contributed by atoms with E-state index in [0.717, 1.165) is 11.1 Å². The second-order valence-electron chi connectivity index (χ2n) is 5.94. The monoisotopic (exact) mass is 293 g/mol. The van der Waals surface area contributed by atoms with Crippen molar-refractivity contribution in [2.24, 2.45) is 0 Å². The molecule has 0 fully saturated rings. The average Bonchev–Trinajstić information content (AvgIpc) is 2.53. The predicted molar refractivity (Wildman–Crippen MR) is 97.1 cm³/mol. The Morgan fingerprint density at radius 1 is 1.05 bits per heavy atom. The Labute approximate surface area is 134 Å². The van der Waals surface area contributed by atoms with Crippen molar-refractivity contribution >= 4 is 18.0 Å². The van der Waals surface area contributed by atoms with Gasteiger partial charge < -0.3 is 4.90 Å². The lowest BCUT2D eigenvalue weighted by Gasteiger charge is -2.16. The molecular formula is C20H25N2+. The van der Waals surface area contributed by atoms with Crippen LogP contribution < -0.4 is 4.90 Å². The molecule has 0 aromatic heterocycles. The van der Waals surface area contributed by atoms with E-state index in [0.29, 0.717) is 0 Å². The van der Waals surface area contributed by atoms with Gasteiger partial charge >= 0.3 is 0 Å². The maximum Gasteiger partial charge on any atom is 0.174 e. The van der Waals surface area contributed by atoms with E-state index in [-0.39, 0.29) is 6.04 Å². The summed E-state index contributed by atoms with van der Waals surface area (Å²) >= 11 is 0. The summed E-state index contributed by atoms with van der Waals surface area (Å²) in [5, 5.41) is 0. The van der Waals surface area contributed by atoms with Crippen LogP contribution in [0.25, 0.3) is 5.57 Å². The van der Waals surface area contributed by atoms with Crippen LogP contribution in [-0.2, 0) is 0 Å². The topological polar surface area (TPSA) is 6.25 Å². The van der Waals surface area contributed by atoms with Gasteiger partial charge in [-0.1, -0.05) is 43.0 Å². The average molecular weight is 293 g/mol. The van der Waals surface area contributed by atoms with Gasteiger partial charge in [-0.15, -0.1) is 0 Å². The highest BCUT2D eigenvalue weighted by molar-refractivity contribution is 5.80. The summed E-state index contributed by atoms with van der Waals surface area (Å²) in [6.07, 6.45) is 0. The molecule has 0 saturated heterocycles.